The normalized spacial score (nSPS) is 15.9. The number of hydrogen-bond donors (Lipinski definition) is 0. The highest BCUT2D eigenvalue weighted by Gasteiger charge is 2.47. The first kappa shape index (κ1) is 21.6. The molecule has 1 aliphatic rings. The van der Waals surface area contributed by atoms with E-state index in [1.54, 1.807) is 5.57 Å². The third kappa shape index (κ3) is 4.12. The van der Waals surface area contributed by atoms with Crippen LogP contribution in [-0.4, -0.2) is 8.07 Å². The van der Waals surface area contributed by atoms with Crippen molar-refractivity contribution in [1.29, 1.82) is 0 Å². The van der Waals surface area contributed by atoms with Crippen LogP contribution in [0.25, 0.3) is 0 Å². The molecule has 0 nitrogen and oxygen atoms in total. The molecule has 0 saturated carbocycles. The summed E-state index contributed by atoms with van der Waals surface area (Å²) in [5.41, 5.74) is 6.09. The van der Waals surface area contributed by atoms with Crippen LogP contribution >= 0.6 is 0 Å². The number of aryl methyl sites for hydroxylation is 3. The van der Waals surface area contributed by atoms with Gasteiger partial charge in [0.1, 0.15) is 0 Å². The van der Waals surface area contributed by atoms with Gasteiger partial charge in [-0.05, 0) is 49.2 Å². The van der Waals surface area contributed by atoms with Gasteiger partial charge in [-0.15, -0.1) is 0 Å². The molecule has 0 N–H and O–H groups in total. The summed E-state index contributed by atoms with van der Waals surface area (Å²) in [5.74, 6) is 0. The zero-order valence-electron chi connectivity index (χ0n) is 19.4. The predicted molar refractivity (Wildman–Crippen MR) is 139 cm³/mol. The van der Waals surface area contributed by atoms with E-state index < -0.39 is 8.07 Å². The molecule has 0 heterocycles. The number of unbranched alkanes of at least 4 members (excludes halogenated alkanes) is 1. The van der Waals surface area contributed by atoms with E-state index >= 15 is 0 Å². The lowest BCUT2D eigenvalue weighted by Gasteiger charge is -2.40. The van der Waals surface area contributed by atoms with Crippen molar-refractivity contribution in [2.24, 2.45) is 0 Å². The van der Waals surface area contributed by atoms with Gasteiger partial charge in [-0.2, -0.15) is 0 Å². The third-order valence-electron chi connectivity index (χ3n) is 6.72. The minimum Gasteiger partial charge on any atom is -0.0790 e. The van der Waals surface area contributed by atoms with Gasteiger partial charge in [-0.1, -0.05) is 127 Å². The molecule has 158 valence electrons. The van der Waals surface area contributed by atoms with Crippen molar-refractivity contribution >= 4 is 23.6 Å². The van der Waals surface area contributed by atoms with Crippen molar-refractivity contribution in [2.45, 2.75) is 52.5 Å². The molecule has 0 radical (unpaired) electrons. The Morgan fingerprint density at radius 1 is 0.710 bits per heavy atom. The second kappa shape index (κ2) is 9.24. The van der Waals surface area contributed by atoms with E-state index in [2.05, 4.69) is 119 Å². The Balaban J connectivity index is 2.07. The van der Waals surface area contributed by atoms with Crippen LogP contribution in [0.15, 0.2) is 96.6 Å². The molecule has 1 unspecified atom stereocenters. The van der Waals surface area contributed by atoms with Crippen molar-refractivity contribution in [1.82, 2.24) is 0 Å². The second-order valence-corrected chi connectivity index (χ2v) is 13.1. The highest BCUT2D eigenvalue weighted by Crippen LogP contribution is 2.38. The summed E-state index contributed by atoms with van der Waals surface area (Å²) in [6.07, 6.45) is 10.9. The van der Waals surface area contributed by atoms with Crippen LogP contribution in [-0.2, 0) is 0 Å². The quantitative estimate of drug-likeness (QED) is 0.317. The van der Waals surface area contributed by atoms with Crippen LogP contribution in [0.4, 0.5) is 0 Å². The zero-order chi connectivity index (χ0) is 21.8. The Labute approximate surface area is 189 Å². The molecule has 1 heteroatoms. The molecule has 3 aromatic rings. The molecule has 0 aromatic heterocycles. The van der Waals surface area contributed by atoms with Gasteiger partial charge >= 0.3 is 0 Å². The number of rotatable bonds is 7. The highest BCUT2D eigenvalue weighted by molar-refractivity contribution is 7.13. The van der Waals surface area contributed by atoms with Crippen LogP contribution in [0.3, 0.4) is 0 Å². The average molecular weight is 423 g/mol. The summed E-state index contributed by atoms with van der Waals surface area (Å²) in [6, 6.07) is 28.0. The molecule has 0 saturated heterocycles. The molecule has 0 spiro atoms. The molecule has 0 aliphatic heterocycles. The van der Waals surface area contributed by atoms with E-state index in [1.807, 2.05) is 0 Å². The fraction of sp³-hybridized carbons (Fsp3) is 0.267. The third-order valence-corrected chi connectivity index (χ3v) is 11.9. The molecule has 31 heavy (non-hydrogen) atoms. The van der Waals surface area contributed by atoms with Crippen molar-refractivity contribution in [2.75, 3.05) is 0 Å². The highest BCUT2D eigenvalue weighted by atomic mass is 28.3. The molecule has 1 aliphatic carbocycles. The lowest BCUT2D eigenvalue weighted by atomic mass is 10.1. The van der Waals surface area contributed by atoms with Crippen molar-refractivity contribution in [3.8, 4) is 0 Å². The second-order valence-electron chi connectivity index (χ2n) is 9.12. The molecule has 0 fully saturated rings. The first-order valence-corrected chi connectivity index (χ1v) is 13.7. The van der Waals surface area contributed by atoms with E-state index in [-0.39, 0.29) is 0 Å². The zero-order valence-corrected chi connectivity index (χ0v) is 20.4. The van der Waals surface area contributed by atoms with Crippen molar-refractivity contribution in [3.63, 3.8) is 0 Å². The van der Waals surface area contributed by atoms with Gasteiger partial charge < -0.3 is 0 Å². The molecule has 1 atom stereocenters. The molecule has 3 aromatic carbocycles. The first-order chi connectivity index (χ1) is 15.1. The van der Waals surface area contributed by atoms with Crippen LogP contribution in [0.2, 0.25) is 5.54 Å². The van der Waals surface area contributed by atoms with E-state index in [9.17, 15) is 0 Å². The van der Waals surface area contributed by atoms with E-state index in [0.29, 0.717) is 5.54 Å². The maximum atomic E-state index is 2.50. The number of benzene rings is 3. The number of hydrogen-bond acceptors (Lipinski definition) is 0. The maximum Gasteiger partial charge on any atom is 0.159 e. The fourth-order valence-electron chi connectivity index (χ4n) is 5.27. The fourth-order valence-corrected chi connectivity index (χ4v) is 11.0. The lowest BCUT2D eigenvalue weighted by Crippen LogP contribution is -2.69. The van der Waals surface area contributed by atoms with E-state index in [4.69, 9.17) is 0 Å². The Kier molecular flexibility index (Phi) is 6.43. The minimum absolute atomic E-state index is 0.449. The van der Waals surface area contributed by atoms with Gasteiger partial charge in [0.25, 0.3) is 0 Å². The van der Waals surface area contributed by atoms with Gasteiger partial charge in [-0.25, -0.2) is 0 Å². The summed E-state index contributed by atoms with van der Waals surface area (Å²) >= 11 is 0. The Morgan fingerprint density at radius 3 is 1.61 bits per heavy atom. The molecule has 4 rings (SSSR count). The van der Waals surface area contributed by atoms with Gasteiger partial charge in [0.15, 0.2) is 8.07 Å². The summed E-state index contributed by atoms with van der Waals surface area (Å²) in [5, 5.41) is 4.55. The van der Waals surface area contributed by atoms with Crippen LogP contribution < -0.4 is 15.6 Å². The maximum absolute atomic E-state index is 2.50. The number of allylic oxidation sites excluding steroid dienone is 4. The summed E-state index contributed by atoms with van der Waals surface area (Å²) in [6.45, 7) is 8.98. The molecule has 0 amide bonds. The average Bonchev–Trinajstić information content (AvgIpc) is 3.22. The van der Waals surface area contributed by atoms with Gasteiger partial charge in [0, 0.05) is 5.54 Å². The van der Waals surface area contributed by atoms with Crippen LogP contribution in [0.5, 0.6) is 0 Å². The molecular formula is C30H34Si. The Bertz CT molecular complexity index is 1010. The lowest BCUT2D eigenvalue weighted by molar-refractivity contribution is 0.776. The van der Waals surface area contributed by atoms with Crippen LogP contribution in [0.1, 0.15) is 42.9 Å². The summed E-state index contributed by atoms with van der Waals surface area (Å²) < 4.78 is 0. The Morgan fingerprint density at radius 2 is 1.19 bits per heavy atom. The minimum atomic E-state index is -2.35. The largest absolute Gasteiger partial charge is 0.159 e. The van der Waals surface area contributed by atoms with Crippen molar-refractivity contribution in [3.05, 3.63) is 113 Å². The van der Waals surface area contributed by atoms with Gasteiger partial charge in [0.2, 0.25) is 0 Å². The van der Waals surface area contributed by atoms with Crippen molar-refractivity contribution < 1.29 is 0 Å². The molecular weight excluding hydrogens is 388 g/mol. The first-order valence-electron chi connectivity index (χ1n) is 11.6. The van der Waals surface area contributed by atoms with E-state index in [0.717, 1.165) is 0 Å². The smallest absolute Gasteiger partial charge is 0.0790 e. The van der Waals surface area contributed by atoms with E-state index in [1.165, 1.54) is 51.5 Å². The van der Waals surface area contributed by atoms with Crippen LogP contribution in [0, 0.1) is 20.8 Å². The van der Waals surface area contributed by atoms with Gasteiger partial charge in [0.05, 0.1) is 0 Å². The monoisotopic (exact) mass is 422 g/mol. The Hall–Kier alpha value is -2.64. The topological polar surface area (TPSA) is 0 Å². The predicted octanol–water partition coefficient (Wildman–Crippen LogP) is 6.14. The SMILES string of the molecule is CCCCC1=CC=CC1[Si](c1cccc(C)c1)(c1cccc(C)c1)c1cccc(C)c1. The standard InChI is InChI=1S/C30H34Si/c1-5-6-14-26-15-10-19-30(26)31(27-16-7-11-23(2)20-27,28-17-8-12-24(3)21-28)29-18-9-13-25(4)22-29/h7-13,15-22,30H,5-6,14H2,1-4H3. The summed E-state index contributed by atoms with van der Waals surface area (Å²) in [4.78, 5) is 0. The summed E-state index contributed by atoms with van der Waals surface area (Å²) in [7, 11) is -2.35. The molecule has 0 bridgehead atoms. The van der Waals surface area contributed by atoms with Gasteiger partial charge in [-0.3, -0.25) is 0 Å².